The Balaban J connectivity index is 1.62. The fourth-order valence-electron chi connectivity index (χ4n) is 3.05. The van der Waals surface area contributed by atoms with E-state index in [2.05, 4.69) is 52.0 Å². The van der Waals surface area contributed by atoms with Gasteiger partial charge in [0.05, 0.1) is 11.3 Å². The second-order valence-electron chi connectivity index (χ2n) is 6.49. The van der Waals surface area contributed by atoms with E-state index < -0.39 is 0 Å². The lowest BCUT2D eigenvalue weighted by atomic mass is 9.86. The van der Waals surface area contributed by atoms with Crippen molar-refractivity contribution in [1.82, 2.24) is 29.8 Å². The van der Waals surface area contributed by atoms with Crippen LogP contribution in [-0.2, 0) is 24.2 Å². The van der Waals surface area contributed by atoms with Gasteiger partial charge >= 0.3 is 0 Å². The van der Waals surface area contributed by atoms with Gasteiger partial charge in [0.25, 0.3) is 0 Å². The molecule has 7 nitrogen and oxygen atoms in total. The second kappa shape index (κ2) is 6.16. The van der Waals surface area contributed by atoms with Crippen molar-refractivity contribution in [3.8, 4) is 0 Å². The summed E-state index contributed by atoms with van der Waals surface area (Å²) >= 11 is 0. The molecule has 2 aromatic rings. The number of nitrogens with zero attached hydrogens (tertiary/aromatic N) is 6. The molecule has 0 bridgehead atoms. The fourth-order valence-corrected chi connectivity index (χ4v) is 3.05. The average Bonchev–Trinajstić information content (AvgIpc) is 3.13. The van der Waals surface area contributed by atoms with Crippen LogP contribution in [0.15, 0.2) is 12.5 Å². The van der Waals surface area contributed by atoms with Crippen LogP contribution in [0.3, 0.4) is 0 Å². The highest BCUT2D eigenvalue weighted by atomic mass is 16.5. The van der Waals surface area contributed by atoms with Crippen molar-refractivity contribution in [2.24, 2.45) is 0 Å². The molecular weight excluding hydrogens is 280 g/mol. The van der Waals surface area contributed by atoms with Crippen LogP contribution in [0.2, 0.25) is 0 Å². The van der Waals surface area contributed by atoms with Gasteiger partial charge in [-0.3, -0.25) is 4.68 Å². The summed E-state index contributed by atoms with van der Waals surface area (Å²) in [4.78, 5) is 0. The van der Waals surface area contributed by atoms with Gasteiger partial charge in [0.2, 0.25) is 0 Å². The third kappa shape index (κ3) is 3.35. The van der Waals surface area contributed by atoms with E-state index >= 15 is 0 Å². The number of hydrogen-bond acceptors (Lipinski definition) is 5. The molecule has 0 N–H and O–H groups in total. The van der Waals surface area contributed by atoms with E-state index in [9.17, 15) is 0 Å². The SMILES string of the molecule is CCn1cnnc1CCn1cc(C2CCOC(C)(C)C2)nn1. The van der Waals surface area contributed by atoms with Crippen molar-refractivity contribution in [3.63, 3.8) is 0 Å². The quantitative estimate of drug-likeness (QED) is 0.842. The first-order valence-electron chi connectivity index (χ1n) is 7.98. The van der Waals surface area contributed by atoms with Crippen molar-refractivity contribution in [3.05, 3.63) is 24.0 Å². The highest BCUT2D eigenvalue weighted by Gasteiger charge is 2.31. The van der Waals surface area contributed by atoms with Crippen LogP contribution in [0, 0.1) is 0 Å². The molecule has 0 amide bonds. The molecule has 7 heteroatoms. The molecule has 22 heavy (non-hydrogen) atoms. The van der Waals surface area contributed by atoms with Gasteiger partial charge in [0.1, 0.15) is 12.2 Å². The zero-order valence-electron chi connectivity index (χ0n) is 13.6. The fraction of sp³-hybridized carbons (Fsp3) is 0.733. The summed E-state index contributed by atoms with van der Waals surface area (Å²) in [6.07, 6.45) is 6.67. The summed E-state index contributed by atoms with van der Waals surface area (Å²) in [5.74, 6) is 1.43. The van der Waals surface area contributed by atoms with Crippen LogP contribution in [0.5, 0.6) is 0 Å². The number of hydrogen-bond donors (Lipinski definition) is 0. The Morgan fingerprint density at radius 2 is 2.23 bits per heavy atom. The molecule has 1 aliphatic rings. The molecule has 1 fully saturated rings. The molecule has 1 aliphatic heterocycles. The van der Waals surface area contributed by atoms with Crippen LogP contribution in [0.4, 0.5) is 0 Å². The van der Waals surface area contributed by atoms with Crippen LogP contribution < -0.4 is 0 Å². The molecule has 0 aliphatic carbocycles. The monoisotopic (exact) mass is 304 g/mol. The minimum atomic E-state index is -0.0652. The Kier molecular flexibility index (Phi) is 4.24. The first-order chi connectivity index (χ1) is 10.6. The number of ether oxygens (including phenoxy) is 1. The Hall–Kier alpha value is -1.76. The Bertz CT molecular complexity index is 617. The number of aryl methyl sites for hydroxylation is 3. The van der Waals surface area contributed by atoms with Crippen molar-refractivity contribution in [2.45, 2.75) is 64.6 Å². The lowest BCUT2D eigenvalue weighted by Crippen LogP contribution is -2.33. The van der Waals surface area contributed by atoms with Crippen molar-refractivity contribution in [2.75, 3.05) is 6.61 Å². The predicted molar refractivity (Wildman–Crippen MR) is 81.4 cm³/mol. The maximum atomic E-state index is 5.77. The Morgan fingerprint density at radius 1 is 1.36 bits per heavy atom. The lowest BCUT2D eigenvalue weighted by molar-refractivity contribution is -0.0597. The third-order valence-electron chi connectivity index (χ3n) is 4.27. The summed E-state index contributed by atoms with van der Waals surface area (Å²) < 4.78 is 9.74. The predicted octanol–water partition coefficient (Wildman–Crippen LogP) is 1.80. The maximum absolute atomic E-state index is 5.77. The third-order valence-corrected chi connectivity index (χ3v) is 4.27. The minimum absolute atomic E-state index is 0.0652. The first kappa shape index (κ1) is 15.1. The summed E-state index contributed by atoms with van der Waals surface area (Å²) in [7, 11) is 0. The minimum Gasteiger partial charge on any atom is -0.376 e. The van der Waals surface area contributed by atoms with Gasteiger partial charge in [-0.25, -0.2) is 0 Å². The average molecular weight is 304 g/mol. The molecule has 120 valence electrons. The van der Waals surface area contributed by atoms with E-state index in [1.165, 1.54) is 0 Å². The van der Waals surface area contributed by atoms with E-state index in [4.69, 9.17) is 4.74 Å². The van der Waals surface area contributed by atoms with E-state index in [0.717, 1.165) is 50.5 Å². The van der Waals surface area contributed by atoms with Crippen LogP contribution in [0.1, 0.15) is 51.0 Å². The van der Waals surface area contributed by atoms with Gasteiger partial charge in [-0.2, -0.15) is 0 Å². The van der Waals surface area contributed by atoms with Crippen LogP contribution in [0.25, 0.3) is 0 Å². The number of rotatable bonds is 5. The Morgan fingerprint density at radius 3 is 3.00 bits per heavy atom. The van der Waals surface area contributed by atoms with E-state index in [1.54, 1.807) is 6.33 Å². The molecule has 2 aromatic heterocycles. The lowest BCUT2D eigenvalue weighted by Gasteiger charge is -2.34. The van der Waals surface area contributed by atoms with Crippen molar-refractivity contribution < 1.29 is 4.74 Å². The van der Waals surface area contributed by atoms with Crippen molar-refractivity contribution >= 4 is 0 Å². The largest absolute Gasteiger partial charge is 0.376 e. The molecule has 1 unspecified atom stereocenters. The molecule has 0 saturated carbocycles. The van der Waals surface area contributed by atoms with Gasteiger partial charge < -0.3 is 9.30 Å². The first-order valence-corrected chi connectivity index (χ1v) is 7.98. The smallest absolute Gasteiger partial charge is 0.134 e. The van der Waals surface area contributed by atoms with E-state index in [-0.39, 0.29) is 5.60 Å². The molecule has 1 atom stereocenters. The molecule has 0 spiro atoms. The highest BCUT2D eigenvalue weighted by Crippen LogP contribution is 2.34. The van der Waals surface area contributed by atoms with E-state index in [0.29, 0.717) is 5.92 Å². The molecule has 3 heterocycles. The second-order valence-corrected chi connectivity index (χ2v) is 6.49. The van der Waals surface area contributed by atoms with Gasteiger partial charge in [-0.05, 0) is 33.6 Å². The summed E-state index contributed by atoms with van der Waals surface area (Å²) in [6.45, 7) is 8.83. The van der Waals surface area contributed by atoms with Gasteiger partial charge in [0.15, 0.2) is 0 Å². The standard InChI is InChI=1S/C15H24N6O/c1-4-20-11-16-18-14(20)5-7-21-10-13(17-19-21)12-6-8-22-15(2,3)9-12/h10-12H,4-9H2,1-3H3. The zero-order valence-corrected chi connectivity index (χ0v) is 13.6. The molecular formula is C15H24N6O. The van der Waals surface area contributed by atoms with Crippen LogP contribution >= 0.6 is 0 Å². The number of aromatic nitrogens is 6. The summed E-state index contributed by atoms with van der Waals surface area (Å²) in [6, 6.07) is 0. The molecule has 0 aromatic carbocycles. The van der Waals surface area contributed by atoms with E-state index in [1.807, 2.05) is 4.68 Å². The molecule has 3 rings (SSSR count). The van der Waals surface area contributed by atoms with Crippen molar-refractivity contribution in [1.29, 1.82) is 0 Å². The zero-order chi connectivity index (χ0) is 15.6. The highest BCUT2D eigenvalue weighted by molar-refractivity contribution is 5.05. The molecule has 0 radical (unpaired) electrons. The van der Waals surface area contributed by atoms with Gasteiger partial charge in [-0.1, -0.05) is 5.21 Å². The molecule has 1 saturated heterocycles. The van der Waals surface area contributed by atoms with Crippen LogP contribution in [-0.4, -0.2) is 42.0 Å². The summed E-state index contributed by atoms with van der Waals surface area (Å²) in [5.41, 5.74) is 1.01. The topological polar surface area (TPSA) is 70.7 Å². The van der Waals surface area contributed by atoms with Gasteiger partial charge in [-0.15, -0.1) is 15.3 Å². The summed E-state index contributed by atoms with van der Waals surface area (Å²) in [5, 5.41) is 16.7. The maximum Gasteiger partial charge on any atom is 0.134 e. The van der Waals surface area contributed by atoms with Gasteiger partial charge in [0, 0.05) is 38.2 Å². The normalized spacial score (nSPS) is 21.1. The Labute approximate surface area is 130 Å².